The Morgan fingerprint density at radius 3 is 2.48 bits per heavy atom. The van der Waals surface area contributed by atoms with Gasteiger partial charge in [0.1, 0.15) is 12.7 Å². The number of rotatable bonds is 7. The van der Waals surface area contributed by atoms with Gasteiger partial charge in [-0.1, -0.05) is 36.4 Å². The van der Waals surface area contributed by atoms with Gasteiger partial charge < -0.3 is 20.3 Å². The number of hydrogen-bond acceptors (Lipinski definition) is 4. The molecule has 112 valence electrons. The van der Waals surface area contributed by atoms with Gasteiger partial charge in [0.05, 0.1) is 6.61 Å². The van der Waals surface area contributed by atoms with Crippen LogP contribution in [-0.2, 0) is 6.54 Å². The van der Waals surface area contributed by atoms with Crippen molar-refractivity contribution >= 4 is 0 Å². The van der Waals surface area contributed by atoms with Crippen molar-refractivity contribution < 1.29 is 14.6 Å². The fourth-order valence-electron chi connectivity index (χ4n) is 2.01. The first kappa shape index (κ1) is 15.4. The Hall–Kier alpha value is -2.04. The third-order valence-corrected chi connectivity index (χ3v) is 3.12. The molecule has 1 unspecified atom stereocenters. The molecule has 0 fully saturated rings. The van der Waals surface area contributed by atoms with Crippen LogP contribution < -0.4 is 15.2 Å². The minimum atomic E-state index is -0.671. The molecule has 4 heteroatoms. The zero-order valence-electron chi connectivity index (χ0n) is 12.2. The summed E-state index contributed by atoms with van der Waals surface area (Å²) in [7, 11) is 0. The van der Waals surface area contributed by atoms with Crippen LogP contribution in [0.2, 0.25) is 0 Å². The lowest BCUT2D eigenvalue weighted by molar-refractivity contribution is 0.106. The first-order chi connectivity index (χ1) is 10.2. The summed E-state index contributed by atoms with van der Waals surface area (Å²) in [5.74, 6) is 1.27. The summed E-state index contributed by atoms with van der Waals surface area (Å²) in [5, 5.41) is 10.1. The SMILES string of the molecule is CCOc1cc(CN)ccc1OCC(O)c1ccccc1. The largest absolute Gasteiger partial charge is 0.490 e. The van der Waals surface area contributed by atoms with Crippen LogP contribution in [-0.4, -0.2) is 18.3 Å². The van der Waals surface area contributed by atoms with Crippen LogP contribution >= 0.6 is 0 Å². The number of ether oxygens (including phenoxy) is 2. The lowest BCUT2D eigenvalue weighted by Crippen LogP contribution is -2.10. The molecule has 0 aliphatic rings. The van der Waals surface area contributed by atoms with Gasteiger partial charge in [0.25, 0.3) is 0 Å². The van der Waals surface area contributed by atoms with Gasteiger partial charge in [-0.05, 0) is 30.2 Å². The number of benzene rings is 2. The van der Waals surface area contributed by atoms with E-state index in [0.717, 1.165) is 11.1 Å². The molecule has 4 nitrogen and oxygen atoms in total. The maximum absolute atomic E-state index is 10.1. The zero-order valence-corrected chi connectivity index (χ0v) is 12.2. The summed E-state index contributed by atoms with van der Waals surface area (Å²) in [6, 6.07) is 15.0. The molecule has 0 aliphatic heterocycles. The second-order valence-electron chi connectivity index (χ2n) is 4.66. The number of hydrogen-bond donors (Lipinski definition) is 2. The summed E-state index contributed by atoms with van der Waals surface area (Å²) in [6.07, 6.45) is -0.671. The molecule has 1 atom stereocenters. The molecule has 2 aromatic carbocycles. The van der Waals surface area contributed by atoms with Crippen molar-refractivity contribution in [3.63, 3.8) is 0 Å². The van der Waals surface area contributed by atoms with Crippen LogP contribution in [0, 0.1) is 0 Å². The Kier molecular flexibility index (Phi) is 5.60. The quantitative estimate of drug-likeness (QED) is 0.821. The fourth-order valence-corrected chi connectivity index (χ4v) is 2.01. The van der Waals surface area contributed by atoms with Crippen molar-refractivity contribution in [2.75, 3.05) is 13.2 Å². The zero-order chi connectivity index (χ0) is 15.1. The van der Waals surface area contributed by atoms with E-state index in [2.05, 4.69) is 0 Å². The van der Waals surface area contributed by atoms with Crippen molar-refractivity contribution in [3.05, 3.63) is 59.7 Å². The predicted octanol–water partition coefficient (Wildman–Crippen LogP) is 2.66. The molecule has 3 N–H and O–H groups in total. The summed E-state index contributed by atoms with van der Waals surface area (Å²) >= 11 is 0. The molecular formula is C17H21NO3. The van der Waals surface area contributed by atoms with Gasteiger partial charge in [-0.25, -0.2) is 0 Å². The van der Waals surface area contributed by atoms with Gasteiger partial charge in [0.2, 0.25) is 0 Å². The Morgan fingerprint density at radius 1 is 1.05 bits per heavy atom. The van der Waals surface area contributed by atoms with Gasteiger partial charge in [-0.15, -0.1) is 0 Å². The van der Waals surface area contributed by atoms with Gasteiger partial charge in [-0.2, -0.15) is 0 Å². The summed E-state index contributed by atoms with van der Waals surface area (Å²) in [5.41, 5.74) is 7.44. The molecule has 0 bridgehead atoms. The minimum absolute atomic E-state index is 0.173. The van der Waals surface area contributed by atoms with Crippen molar-refractivity contribution in [3.8, 4) is 11.5 Å². The van der Waals surface area contributed by atoms with Crippen LogP contribution in [0.25, 0.3) is 0 Å². The van der Waals surface area contributed by atoms with Gasteiger partial charge in [0.15, 0.2) is 11.5 Å². The van der Waals surface area contributed by atoms with Crippen molar-refractivity contribution in [2.45, 2.75) is 19.6 Å². The van der Waals surface area contributed by atoms with Gasteiger partial charge in [0, 0.05) is 6.54 Å². The standard InChI is InChI=1S/C17H21NO3/c1-2-20-17-10-13(11-18)8-9-16(17)21-12-15(19)14-6-4-3-5-7-14/h3-10,15,19H,2,11-12,18H2,1H3. The van der Waals surface area contributed by atoms with Crippen LogP contribution in [0.1, 0.15) is 24.2 Å². The number of aliphatic hydroxyl groups excluding tert-OH is 1. The smallest absolute Gasteiger partial charge is 0.161 e. The van der Waals surface area contributed by atoms with Crippen LogP contribution in [0.15, 0.2) is 48.5 Å². The molecule has 0 saturated carbocycles. The van der Waals surface area contributed by atoms with Crippen molar-refractivity contribution in [1.82, 2.24) is 0 Å². The van der Waals surface area contributed by atoms with E-state index in [4.69, 9.17) is 15.2 Å². The van der Waals surface area contributed by atoms with E-state index < -0.39 is 6.10 Å². The van der Waals surface area contributed by atoms with E-state index in [1.165, 1.54) is 0 Å². The molecule has 2 rings (SSSR count). The van der Waals surface area contributed by atoms with Crippen molar-refractivity contribution in [2.24, 2.45) is 5.73 Å². The number of aliphatic hydroxyl groups is 1. The second kappa shape index (κ2) is 7.67. The lowest BCUT2D eigenvalue weighted by Gasteiger charge is -2.16. The number of nitrogens with two attached hydrogens (primary N) is 1. The third kappa shape index (κ3) is 4.21. The van der Waals surface area contributed by atoms with Crippen molar-refractivity contribution in [1.29, 1.82) is 0 Å². The highest BCUT2D eigenvalue weighted by atomic mass is 16.5. The highest BCUT2D eigenvalue weighted by Gasteiger charge is 2.11. The lowest BCUT2D eigenvalue weighted by atomic mass is 10.1. The van der Waals surface area contributed by atoms with E-state index in [-0.39, 0.29) is 6.61 Å². The molecule has 0 aliphatic carbocycles. The van der Waals surface area contributed by atoms with E-state index in [9.17, 15) is 5.11 Å². The van der Waals surface area contributed by atoms with Gasteiger partial charge in [-0.3, -0.25) is 0 Å². The monoisotopic (exact) mass is 287 g/mol. The molecule has 0 spiro atoms. The average molecular weight is 287 g/mol. The molecule has 0 heterocycles. The van der Waals surface area contributed by atoms with Crippen LogP contribution in [0.4, 0.5) is 0 Å². The topological polar surface area (TPSA) is 64.7 Å². The molecular weight excluding hydrogens is 266 g/mol. The first-order valence-corrected chi connectivity index (χ1v) is 7.06. The predicted molar refractivity (Wildman–Crippen MR) is 82.4 cm³/mol. The minimum Gasteiger partial charge on any atom is -0.490 e. The highest BCUT2D eigenvalue weighted by Crippen LogP contribution is 2.29. The molecule has 0 amide bonds. The summed E-state index contributed by atoms with van der Waals surface area (Å²) in [4.78, 5) is 0. The Bertz CT molecular complexity index is 557. The second-order valence-corrected chi connectivity index (χ2v) is 4.66. The summed E-state index contributed by atoms with van der Waals surface area (Å²) < 4.78 is 11.2. The molecule has 0 saturated heterocycles. The van der Waals surface area contributed by atoms with E-state index in [1.54, 1.807) is 0 Å². The Morgan fingerprint density at radius 2 is 1.81 bits per heavy atom. The van der Waals surface area contributed by atoms with Gasteiger partial charge >= 0.3 is 0 Å². The summed E-state index contributed by atoms with van der Waals surface area (Å²) in [6.45, 7) is 3.09. The molecule has 0 radical (unpaired) electrons. The van der Waals surface area contributed by atoms with Crippen LogP contribution in [0.5, 0.6) is 11.5 Å². The molecule has 2 aromatic rings. The fraction of sp³-hybridized carbons (Fsp3) is 0.294. The first-order valence-electron chi connectivity index (χ1n) is 7.06. The molecule has 21 heavy (non-hydrogen) atoms. The Balaban J connectivity index is 2.05. The third-order valence-electron chi connectivity index (χ3n) is 3.12. The maximum Gasteiger partial charge on any atom is 0.161 e. The van der Waals surface area contributed by atoms with E-state index >= 15 is 0 Å². The normalized spacial score (nSPS) is 12.0. The van der Waals surface area contributed by atoms with E-state index in [0.29, 0.717) is 24.7 Å². The van der Waals surface area contributed by atoms with Crippen LogP contribution in [0.3, 0.4) is 0 Å². The highest BCUT2D eigenvalue weighted by molar-refractivity contribution is 5.43. The Labute approximate surface area is 125 Å². The van der Waals surface area contributed by atoms with E-state index in [1.807, 2.05) is 55.5 Å². The molecule has 0 aromatic heterocycles. The maximum atomic E-state index is 10.1. The average Bonchev–Trinajstić information content (AvgIpc) is 2.54.